The fraction of sp³-hybridized carbons (Fsp3) is 0.481. The number of hydrogen-bond acceptors (Lipinski definition) is 4. The van der Waals surface area contributed by atoms with Gasteiger partial charge in [-0.15, -0.1) is 0 Å². The quantitative estimate of drug-likeness (QED) is 0.301. The summed E-state index contributed by atoms with van der Waals surface area (Å²) in [6, 6.07) is 11.7. The van der Waals surface area contributed by atoms with Crippen molar-refractivity contribution in [3.63, 3.8) is 0 Å². The van der Waals surface area contributed by atoms with E-state index in [-0.39, 0.29) is 31.3 Å². The predicted octanol–water partition coefficient (Wildman–Crippen LogP) is 5.57. The molecule has 0 saturated carbocycles. The minimum Gasteiger partial charge on any atom is -0.354 e. The number of carbonyl (C=O) groups excluding carboxylic acids is 2. The van der Waals surface area contributed by atoms with Gasteiger partial charge in [-0.05, 0) is 56.0 Å². The number of rotatable bonds is 14. The first-order chi connectivity index (χ1) is 17.5. The van der Waals surface area contributed by atoms with Crippen LogP contribution in [0.2, 0.25) is 10.0 Å². The van der Waals surface area contributed by atoms with E-state index < -0.39 is 16.1 Å². The Morgan fingerprint density at radius 1 is 1.00 bits per heavy atom. The maximum Gasteiger partial charge on any atom is 0.242 e. The van der Waals surface area contributed by atoms with Crippen LogP contribution in [0, 0.1) is 6.92 Å². The summed E-state index contributed by atoms with van der Waals surface area (Å²) >= 11 is 12.2. The smallest absolute Gasteiger partial charge is 0.242 e. The molecule has 204 valence electrons. The van der Waals surface area contributed by atoms with E-state index in [2.05, 4.69) is 5.32 Å². The minimum atomic E-state index is -3.54. The first-order valence-corrected chi connectivity index (χ1v) is 15.1. The van der Waals surface area contributed by atoms with E-state index in [1.807, 2.05) is 32.9 Å². The van der Waals surface area contributed by atoms with E-state index in [9.17, 15) is 18.0 Å². The van der Waals surface area contributed by atoms with Crippen molar-refractivity contribution in [2.75, 3.05) is 23.7 Å². The van der Waals surface area contributed by atoms with E-state index in [0.29, 0.717) is 35.1 Å². The number of halogens is 2. The van der Waals surface area contributed by atoms with Crippen molar-refractivity contribution in [1.29, 1.82) is 0 Å². The number of anilines is 1. The molecule has 37 heavy (non-hydrogen) atoms. The number of hydrogen-bond donors (Lipinski definition) is 1. The molecule has 0 bridgehead atoms. The number of benzene rings is 2. The Kier molecular flexibility index (Phi) is 12.2. The fourth-order valence-corrected chi connectivity index (χ4v) is 5.26. The molecule has 1 atom stereocenters. The van der Waals surface area contributed by atoms with Crippen molar-refractivity contribution in [3.8, 4) is 0 Å². The highest BCUT2D eigenvalue weighted by Crippen LogP contribution is 2.25. The van der Waals surface area contributed by atoms with Gasteiger partial charge in [0.2, 0.25) is 21.8 Å². The van der Waals surface area contributed by atoms with Crippen molar-refractivity contribution in [1.82, 2.24) is 10.2 Å². The average molecular weight is 571 g/mol. The first kappa shape index (κ1) is 30.9. The Labute approximate surface area is 231 Å². The zero-order chi connectivity index (χ0) is 27.6. The Hall–Kier alpha value is -2.29. The van der Waals surface area contributed by atoms with Crippen LogP contribution in [0.5, 0.6) is 0 Å². The highest BCUT2D eigenvalue weighted by atomic mass is 35.5. The van der Waals surface area contributed by atoms with Gasteiger partial charge in [0.1, 0.15) is 6.04 Å². The summed E-state index contributed by atoms with van der Waals surface area (Å²) < 4.78 is 26.2. The zero-order valence-corrected chi connectivity index (χ0v) is 24.3. The third-order valence-electron chi connectivity index (χ3n) is 6.03. The Morgan fingerprint density at radius 3 is 2.24 bits per heavy atom. The summed E-state index contributed by atoms with van der Waals surface area (Å²) in [4.78, 5) is 28.0. The molecule has 2 aromatic rings. The standard InChI is InChI=1S/C27H37Cl2N3O4S/c1-5-7-16-30-27(34)25(6-2)31(19-21-12-15-23(28)24(29)18-21)26(33)9-8-17-32(37(4,35)36)22-13-10-20(3)11-14-22/h10-15,18,25H,5-9,16-17,19H2,1-4H3,(H,30,34)/t25-/m1/s1. The molecule has 0 fully saturated rings. The molecule has 2 amide bonds. The van der Waals surface area contributed by atoms with Crippen molar-refractivity contribution in [2.45, 2.75) is 65.5 Å². The number of nitrogens with one attached hydrogen (secondary N) is 1. The van der Waals surface area contributed by atoms with Crippen molar-refractivity contribution in [3.05, 3.63) is 63.6 Å². The molecule has 2 rings (SSSR count). The van der Waals surface area contributed by atoms with Gasteiger partial charge in [0.05, 0.1) is 22.0 Å². The molecule has 0 aliphatic heterocycles. The normalized spacial score (nSPS) is 12.2. The van der Waals surface area contributed by atoms with Crippen molar-refractivity contribution >= 4 is 50.7 Å². The van der Waals surface area contributed by atoms with Crippen LogP contribution < -0.4 is 9.62 Å². The van der Waals surface area contributed by atoms with Gasteiger partial charge in [0.25, 0.3) is 0 Å². The fourth-order valence-electron chi connectivity index (χ4n) is 3.98. The molecule has 0 spiro atoms. The Balaban J connectivity index is 2.21. The molecule has 7 nitrogen and oxygen atoms in total. The minimum absolute atomic E-state index is 0.0813. The maximum absolute atomic E-state index is 13.5. The number of sulfonamides is 1. The molecule has 0 aliphatic carbocycles. The van der Waals surface area contributed by atoms with Gasteiger partial charge < -0.3 is 10.2 Å². The van der Waals surface area contributed by atoms with Gasteiger partial charge in [-0.1, -0.05) is 67.2 Å². The summed E-state index contributed by atoms with van der Waals surface area (Å²) in [5.41, 5.74) is 2.32. The lowest BCUT2D eigenvalue weighted by molar-refractivity contribution is -0.141. The lowest BCUT2D eigenvalue weighted by Gasteiger charge is -2.31. The largest absolute Gasteiger partial charge is 0.354 e. The Morgan fingerprint density at radius 2 is 1.68 bits per heavy atom. The second kappa shape index (κ2) is 14.6. The average Bonchev–Trinajstić information content (AvgIpc) is 2.84. The van der Waals surface area contributed by atoms with Gasteiger partial charge in [-0.2, -0.15) is 0 Å². The van der Waals surface area contributed by atoms with E-state index in [4.69, 9.17) is 23.2 Å². The molecule has 0 unspecified atom stereocenters. The summed E-state index contributed by atoms with van der Waals surface area (Å²) in [5, 5.41) is 3.71. The van der Waals surface area contributed by atoms with Gasteiger partial charge in [-0.25, -0.2) is 8.42 Å². The lowest BCUT2D eigenvalue weighted by atomic mass is 10.1. The third kappa shape index (κ3) is 9.51. The molecular formula is C27H37Cl2N3O4S. The second-order valence-corrected chi connectivity index (χ2v) is 11.8. The van der Waals surface area contributed by atoms with Crippen LogP contribution in [0.1, 0.15) is 57.1 Å². The molecule has 0 heterocycles. The SMILES string of the molecule is CCCCNC(=O)[C@@H](CC)N(Cc1ccc(Cl)c(Cl)c1)C(=O)CCCN(c1ccc(C)cc1)S(C)(=O)=O. The molecular weight excluding hydrogens is 533 g/mol. The number of aryl methyl sites for hydroxylation is 1. The number of amides is 2. The van der Waals surface area contributed by atoms with Crippen LogP contribution in [-0.4, -0.2) is 50.5 Å². The van der Waals surface area contributed by atoms with Gasteiger partial charge in [0, 0.05) is 26.1 Å². The Bertz CT molecular complexity index is 1160. The highest BCUT2D eigenvalue weighted by Gasteiger charge is 2.29. The second-order valence-electron chi connectivity index (χ2n) is 9.11. The van der Waals surface area contributed by atoms with Crippen LogP contribution in [0.3, 0.4) is 0 Å². The molecule has 10 heteroatoms. The van der Waals surface area contributed by atoms with Gasteiger partial charge in [-0.3, -0.25) is 13.9 Å². The predicted molar refractivity (Wildman–Crippen MR) is 152 cm³/mol. The third-order valence-corrected chi connectivity index (χ3v) is 7.96. The van der Waals surface area contributed by atoms with E-state index in [1.54, 1.807) is 35.2 Å². The van der Waals surface area contributed by atoms with E-state index >= 15 is 0 Å². The van der Waals surface area contributed by atoms with E-state index in [1.165, 1.54) is 4.31 Å². The monoisotopic (exact) mass is 569 g/mol. The summed E-state index contributed by atoms with van der Waals surface area (Å²) in [5.74, 6) is -0.442. The molecule has 1 N–H and O–H groups in total. The summed E-state index contributed by atoms with van der Waals surface area (Å²) in [6.45, 7) is 6.71. The van der Waals surface area contributed by atoms with Gasteiger partial charge >= 0.3 is 0 Å². The number of nitrogens with zero attached hydrogens (tertiary/aromatic N) is 2. The van der Waals surface area contributed by atoms with Crippen molar-refractivity contribution < 1.29 is 18.0 Å². The maximum atomic E-state index is 13.5. The van der Waals surface area contributed by atoms with Crippen LogP contribution in [0.4, 0.5) is 5.69 Å². The molecule has 0 aromatic heterocycles. The first-order valence-electron chi connectivity index (χ1n) is 12.5. The number of unbranched alkanes of at least 4 members (excludes halogenated alkanes) is 1. The lowest BCUT2D eigenvalue weighted by Crippen LogP contribution is -2.49. The molecule has 0 saturated heterocycles. The van der Waals surface area contributed by atoms with Crippen LogP contribution >= 0.6 is 23.2 Å². The molecule has 0 radical (unpaired) electrons. The van der Waals surface area contributed by atoms with Crippen molar-refractivity contribution in [2.24, 2.45) is 0 Å². The van der Waals surface area contributed by atoms with Crippen LogP contribution in [-0.2, 0) is 26.2 Å². The van der Waals surface area contributed by atoms with Gasteiger partial charge in [0.15, 0.2) is 0 Å². The van der Waals surface area contributed by atoms with Crippen LogP contribution in [0.25, 0.3) is 0 Å². The highest BCUT2D eigenvalue weighted by molar-refractivity contribution is 7.92. The summed E-state index contributed by atoms with van der Waals surface area (Å²) in [6.07, 6.45) is 3.76. The molecule has 2 aromatic carbocycles. The zero-order valence-electron chi connectivity index (χ0n) is 22.0. The topological polar surface area (TPSA) is 86.8 Å². The summed E-state index contributed by atoms with van der Waals surface area (Å²) in [7, 11) is -3.54. The van der Waals surface area contributed by atoms with E-state index in [0.717, 1.165) is 30.2 Å². The van der Waals surface area contributed by atoms with Crippen LogP contribution in [0.15, 0.2) is 42.5 Å². The number of carbonyl (C=O) groups is 2. The molecule has 0 aliphatic rings.